The summed E-state index contributed by atoms with van der Waals surface area (Å²) in [6.07, 6.45) is 3.50. The van der Waals surface area contributed by atoms with E-state index in [0.717, 1.165) is 6.42 Å². The van der Waals surface area contributed by atoms with Gasteiger partial charge in [-0.3, -0.25) is 4.68 Å². The molecule has 5 nitrogen and oxygen atoms in total. The van der Waals surface area contributed by atoms with Crippen LogP contribution in [-0.2, 0) is 6.54 Å². The van der Waals surface area contributed by atoms with Gasteiger partial charge in [-0.25, -0.2) is 4.98 Å². The molecule has 0 aliphatic rings. The van der Waals surface area contributed by atoms with Gasteiger partial charge in [0.25, 0.3) is 0 Å². The van der Waals surface area contributed by atoms with Gasteiger partial charge < -0.3 is 10.6 Å². The van der Waals surface area contributed by atoms with E-state index in [4.69, 9.17) is 5.11 Å². The third kappa shape index (κ3) is 4.27. The second kappa shape index (κ2) is 7.02. The molecule has 1 rings (SSSR count). The molecule has 6 heteroatoms. The zero-order valence-corrected chi connectivity index (χ0v) is 7.66. The smallest absolute Gasteiger partial charge is 0.137 e. The van der Waals surface area contributed by atoms with Crippen molar-refractivity contribution in [2.75, 3.05) is 0 Å². The van der Waals surface area contributed by atoms with Crippen molar-refractivity contribution in [3.05, 3.63) is 12.7 Å². The molecular formula is C6H14ClN3O2. The van der Waals surface area contributed by atoms with Gasteiger partial charge in [-0.05, 0) is 6.42 Å². The summed E-state index contributed by atoms with van der Waals surface area (Å²) in [5.74, 6) is 0. The standard InChI is InChI=1S/C6H11N3O.ClH.H2O/c1-2-6(10)3-9-5-7-4-8-9;;/h4-6,10H,2-3H2,1H3;1H;1H2. The highest BCUT2D eigenvalue weighted by Gasteiger charge is 2.00. The van der Waals surface area contributed by atoms with E-state index in [1.165, 1.54) is 6.33 Å². The molecule has 0 bridgehead atoms. The van der Waals surface area contributed by atoms with Gasteiger partial charge in [0.1, 0.15) is 12.7 Å². The monoisotopic (exact) mass is 195 g/mol. The first-order valence-corrected chi connectivity index (χ1v) is 3.33. The predicted molar refractivity (Wildman–Crippen MR) is 47.2 cm³/mol. The summed E-state index contributed by atoms with van der Waals surface area (Å²) in [6.45, 7) is 2.47. The van der Waals surface area contributed by atoms with Gasteiger partial charge in [0, 0.05) is 0 Å². The number of nitrogens with zero attached hydrogens (tertiary/aromatic N) is 3. The van der Waals surface area contributed by atoms with E-state index in [1.807, 2.05) is 6.92 Å². The molecule has 0 aromatic carbocycles. The number of aliphatic hydroxyl groups excluding tert-OH is 1. The molecule has 0 aliphatic carbocycles. The van der Waals surface area contributed by atoms with E-state index in [0.29, 0.717) is 6.54 Å². The van der Waals surface area contributed by atoms with Crippen molar-refractivity contribution >= 4 is 12.4 Å². The number of aromatic nitrogens is 3. The summed E-state index contributed by atoms with van der Waals surface area (Å²) in [6, 6.07) is 0. The highest BCUT2D eigenvalue weighted by molar-refractivity contribution is 5.85. The van der Waals surface area contributed by atoms with E-state index < -0.39 is 0 Å². The minimum absolute atomic E-state index is 0. The summed E-state index contributed by atoms with van der Waals surface area (Å²) in [4.78, 5) is 3.75. The van der Waals surface area contributed by atoms with Crippen molar-refractivity contribution in [3.63, 3.8) is 0 Å². The van der Waals surface area contributed by atoms with Crippen LogP contribution in [0.15, 0.2) is 12.7 Å². The maximum absolute atomic E-state index is 9.14. The Hall–Kier alpha value is -0.650. The number of hydrogen-bond donors (Lipinski definition) is 1. The lowest BCUT2D eigenvalue weighted by Gasteiger charge is -2.05. The molecule has 12 heavy (non-hydrogen) atoms. The Kier molecular flexibility index (Phi) is 8.14. The number of hydrogen-bond acceptors (Lipinski definition) is 3. The maximum Gasteiger partial charge on any atom is 0.137 e. The minimum atomic E-state index is -0.304. The van der Waals surface area contributed by atoms with Gasteiger partial charge in [0.15, 0.2) is 0 Å². The predicted octanol–water partition coefficient (Wildman–Crippen LogP) is -0.354. The normalized spacial score (nSPS) is 11.2. The molecule has 1 aromatic heterocycles. The average Bonchev–Trinajstić information content (AvgIpc) is 2.40. The summed E-state index contributed by atoms with van der Waals surface area (Å²) in [5.41, 5.74) is 0. The third-order valence-corrected chi connectivity index (χ3v) is 1.34. The molecule has 1 atom stereocenters. The van der Waals surface area contributed by atoms with Crippen LogP contribution in [-0.4, -0.2) is 31.5 Å². The maximum atomic E-state index is 9.14. The number of aliphatic hydroxyl groups is 1. The van der Waals surface area contributed by atoms with Crippen molar-refractivity contribution in [2.45, 2.75) is 26.0 Å². The van der Waals surface area contributed by atoms with Gasteiger partial charge in [-0.1, -0.05) is 6.92 Å². The molecular weight excluding hydrogens is 182 g/mol. The first-order valence-electron chi connectivity index (χ1n) is 3.33. The molecule has 0 fully saturated rings. The molecule has 0 saturated carbocycles. The van der Waals surface area contributed by atoms with Crippen molar-refractivity contribution in [2.24, 2.45) is 0 Å². The van der Waals surface area contributed by atoms with E-state index in [-0.39, 0.29) is 24.0 Å². The van der Waals surface area contributed by atoms with Crippen LogP contribution in [0.2, 0.25) is 0 Å². The second-order valence-electron chi connectivity index (χ2n) is 2.18. The number of rotatable bonds is 3. The fourth-order valence-corrected chi connectivity index (χ4v) is 0.672. The molecule has 0 saturated heterocycles. The molecule has 1 aromatic rings. The fourth-order valence-electron chi connectivity index (χ4n) is 0.672. The Bertz CT molecular complexity index is 181. The SMILES string of the molecule is CCC(O)Cn1cncn1.Cl.O. The van der Waals surface area contributed by atoms with Crippen LogP contribution in [0.3, 0.4) is 0 Å². The molecule has 0 spiro atoms. The Labute approximate surface area is 77.1 Å². The van der Waals surface area contributed by atoms with E-state index >= 15 is 0 Å². The van der Waals surface area contributed by atoms with Crippen LogP contribution < -0.4 is 0 Å². The van der Waals surface area contributed by atoms with Crippen molar-refractivity contribution in [1.29, 1.82) is 0 Å². The van der Waals surface area contributed by atoms with Crippen molar-refractivity contribution in [1.82, 2.24) is 14.8 Å². The molecule has 72 valence electrons. The quantitative estimate of drug-likeness (QED) is 0.716. The fraction of sp³-hybridized carbons (Fsp3) is 0.667. The number of halogens is 1. The summed E-state index contributed by atoms with van der Waals surface area (Å²) < 4.78 is 1.62. The van der Waals surface area contributed by atoms with Crippen LogP contribution >= 0.6 is 12.4 Å². The highest BCUT2D eigenvalue weighted by Crippen LogP contribution is 1.92. The Balaban J connectivity index is 0. The molecule has 3 N–H and O–H groups in total. The van der Waals surface area contributed by atoms with Crippen LogP contribution in [0.4, 0.5) is 0 Å². The van der Waals surface area contributed by atoms with Crippen molar-refractivity contribution < 1.29 is 10.6 Å². The van der Waals surface area contributed by atoms with E-state index in [9.17, 15) is 0 Å². The summed E-state index contributed by atoms with van der Waals surface area (Å²) in [5, 5.41) is 13.0. The first-order chi connectivity index (χ1) is 4.83. The molecule has 0 aliphatic heterocycles. The van der Waals surface area contributed by atoms with Gasteiger partial charge in [0.05, 0.1) is 12.6 Å². The lowest BCUT2D eigenvalue weighted by molar-refractivity contribution is 0.145. The van der Waals surface area contributed by atoms with Crippen LogP contribution in [0.5, 0.6) is 0 Å². The summed E-state index contributed by atoms with van der Waals surface area (Å²) >= 11 is 0. The van der Waals surface area contributed by atoms with Gasteiger partial charge in [0.2, 0.25) is 0 Å². The Morgan fingerprint density at radius 3 is 2.67 bits per heavy atom. The van der Waals surface area contributed by atoms with E-state index in [1.54, 1.807) is 11.0 Å². The Morgan fingerprint density at radius 1 is 1.58 bits per heavy atom. The van der Waals surface area contributed by atoms with Crippen LogP contribution in [0.1, 0.15) is 13.3 Å². The average molecular weight is 196 g/mol. The topological polar surface area (TPSA) is 82.4 Å². The van der Waals surface area contributed by atoms with Crippen LogP contribution in [0.25, 0.3) is 0 Å². The summed E-state index contributed by atoms with van der Waals surface area (Å²) in [7, 11) is 0. The van der Waals surface area contributed by atoms with Crippen molar-refractivity contribution in [3.8, 4) is 0 Å². The second-order valence-corrected chi connectivity index (χ2v) is 2.18. The largest absolute Gasteiger partial charge is 0.412 e. The van der Waals surface area contributed by atoms with Gasteiger partial charge in [-0.15, -0.1) is 12.4 Å². The lowest BCUT2D eigenvalue weighted by Crippen LogP contribution is -2.14. The lowest BCUT2D eigenvalue weighted by atomic mass is 10.3. The molecule has 0 amide bonds. The van der Waals surface area contributed by atoms with Crippen LogP contribution in [0, 0.1) is 0 Å². The zero-order chi connectivity index (χ0) is 7.40. The zero-order valence-electron chi connectivity index (χ0n) is 6.84. The molecule has 1 heterocycles. The highest BCUT2D eigenvalue weighted by atomic mass is 35.5. The van der Waals surface area contributed by atoms with Gasteiger partial charge >= 0.3 is 0 Å². The van der Waals surface area contributed by atoms with Gasteiger partial charge in [-0.2, -0.15) is 5.10 Å². The molecule has 0 radical (unpaired) electrons. The Morgan fingerprint density at radius 2 is 2.25 bits per heavy atom. The minimum Gasteiger partial charge on any atom is -0.412 e. The van der Waals surface area contributed by atoms with E-state index in [2.05, 4.69) is 10.1 Å². The third-order valence-electron chi connectivity index (χ3n) is 1.34. The first kappa shape index (κ1) is 13.9. The molecule has 1 unspecified atom stereocenters.